The topological polar surface area (TPSA) is 59.1 Å². The number of fused-ring (bicyclic) bond motifs is 3. The third-order valence-electron chi connectivity index (χ3n) is 5.40. The van der Waals surface area contributed by atoms with Gasteiger partial charge in [0.2, 0.25) is 0 Å². The number of likely N-dealkylation sites (tertiary alicyclic amines) is 1. The quantitative estimate of drug-likeness (QED) is 0.786. The summed E-state index contributed by atoms with van der Waals surface area (Å²) in [5.74, 6) is 0.153. The second kappa shape index (κ2) is 6.09. The van der Waals surface area contributed by atoms with Crippen molar-refractivity contribution in [1.82, 2.24) is 9.80 Å². The molecule has 0 aromatic heterocycles. The first-order chi connectivity index (χ1) is 11.7. The summed E-state index contributed by atoms with van der Waals surface area (Å²) in [6, 6.07) is 10.1. The smallest absolute Gasteiger partial charge is 0.410 e. The van der Waals surface area contributed by atoms with Crippen molar-refractivity contribution in [2.75, 3.05) is 19.8 Å². The van der Waals surface area contributed by atoms with Crippen molar-refractivity contribution in [1.29, 1.82) is 0 Å². The van der Waals surface area contributed by atoms with Gasteiger partial charge in [0.25, 0.3) is 0 Å². The molecule has 1 aromatic rings. The molecule has 3 aliphatic rings. The number of carbonyl (C=O) groups is 2. The van der Waals surface area contributed by atoms with Crippen LogP contribution in [-0.2, 0) is 20.8 Å². The molecule has 3 aliphatic heterocycles. The van der Waals surface area contributed by atoms with Crippen LogP contribution in [0.2, 0.25) is 0 Å². The van der Waals surface area contributed by atoms with E-state index in [9.17, 15) is 9.59 Å². The molecule has 0 radical (unpaired) electrons. The van der Waals surface area contributed by atoms with E-state index >= 15 is 0 Å². The number of carbonyl (C=O) groups excluding carboxylic acids is 2. The fourth-order valence-electron chi connectivity index (χ4n) is 4.45. The van der Waals surface area contributed by atoms with E-state index in [-0.39, 0.29) is 30.2 Å². The summed E-state index contributed by atoms with van der Waals surface area (Å²) in [4.78, 5) is 28.4. The van der Waals surface area contributed by atoms with E-state index in [0.717, 1.165) is 12.0 Å². The number of rotatable bonds is 4. The van der Waals surface area contributed by atoms with Crippen LogP contribution >= 0.6 is 0 Å². The predicted octanol–water partition coefficient (Wildman–Crippen LogP) is 1.64. The van der Waals surface area contributed by atoms with Gasteiger partial charge < -0.3 is 9.47 Å². The van der Waals surface area contributed by atoms with Gasteiger partial charge >= 0.3 is 12.1 Å². The fourth-order valence-corrected chi connectivity index (χ4v) is 4.45. The normalized spacial score (nSPS) is 31.7. The largest absolute Gasteiger partial charge is 0.465 e. The summed E-state index contributed by atoms with van der Waals surface area (Å²) in [5, 5.41) is 0. The molecule has 6 heteroatoms. The maximum atomic E-state index is 12.5. The molecule has 0 N–H and O–H groups in total. The van der Waals surface area contributed by atoms with Crippen molar-refractivity contribution in [3.8, 4) is 0 Å². The molecular weight excluding hydrogens is 308 g/mol. The molecule has 0 unspecified atom stereocenters. The number of amides is 1. The highest BCUT2D eigenvalue weighted by Gasteiger charge is 2.57. The summed E-state index contributed by atoms with van der Waals surface area (Å²) < 4.78 is 10.5. The van der Waals surface area contributed by atoms with Crippen molar-refractivity contribution >= 4 is 12.1 Å². The van der Waals surface area contributed by atoms with Crippen LogP contribution in [0, 0.1) is 5.92 Å². The molecule has 3 saturated heterocycles. The molecule has 24 heavy (non-hydrogen) atoms. The third kappa shape index (κ3) is 2.45. The van der Waals surface area contributed by atoms with Gasteiger partial charge in [0.1, 0.15) is 12.6 Å². The Kier molecular flexibility index (Phi) is 3.92. The van der Waals surface area contributed by atoms with E-state index in [0.29, 0.717) is 32.2 Å². The maximum absolute atomic E-state index is 12.5. The summed E-state index contributed by atoms with van der Waals surface area (Å²) in [7, 11) is 0. The van der Waals surface area contributed by atoms with Gasteiger partial charge in [-0.15, -0.1) is 0 Å². The van der Waals surface area contributed by atoms with Gasteiger partial charge in [-0.25, -0.2) is 4.79 Å². The predicted molar refractivity (Wildman–Crippen MR) is 86.1 cm³/mol. The first-order valence-corrected chi connectivity index (χ1v) is 8.58. The van der Waals surface area contributed by atoms with Crippen LogP contribution in [0.1, 0.15) is 18.9 Å². The number of ether oxygens (including phenoxy) is 2. The Morgan fingerprint density at radius 2 is 2.12 bits per heavy atom. The van der Waals surface area contributed by atoms with Crippen molar-refractivity contribution < 1.29 is 19.1 Å². The fraction of sp³-hybridized carbons (Fsp3) is 0.556. The van der Waals surface area contributed by atoms with Gasteiger partial charge in [-0.1, -0.05) is 30.3 Å². The van der Waals surface area contributed by atoms with Gasteiger partial charge in [0, 0.05) is 19.1 Å². The maximum Gasteiger partial charge on any atom is 0.410 e. The molecule has 4 atom stereocenters. The zero-order valence-corrected chi connectivity index (χ0v) is 13.8. The van der Waals surface area contributed by atoms with E-state index in [1.165, 1.54) is 0 Å². The molecular formula is C18H22N2O4. The van der Waals surface area contributed by atoms with E-state index in [1.54, 1.807) is 0 Å². The van der Waals surface area contributed by atoms with E-state index in [1.807, 2.05) is 30.0 Å². The lowest BCUT2D eigenvalue weighted by Gasteiger charge is -2.31. The number of hydrogen-bond donors (Lipinski definition) is 0. The van der Waals surface area contributed by atoms with Gasteiger partial charge in [-0.3, -0.25) is 14.6 Å². The van der Waals surface area contributed by atoms with Crippen molar-refractivity contribution in [3.05, 3.63) is 35.9 Å². The van der Waals surface area contributed by atoms with Crippen LogP contribution in [0.15, 0.2) is 30.3 Å². The SMILES string of the molecule is CCOC(=O)[C@@H]1C[C@@H]2CN3C(=O)OC[C@H]3[C@@H]2N1Cc1ccccc1. The number of benzene rings is 1. The molecule has 0 bridgehead atoms. The van der Waals surface area contributed by atoms with E-state index in [4.69, 9.17) is 9.47 Å². The van der Waals surface area contributed by atoms with Gasteiger partial charge in [0.05, 0.1) is 12.6 Å². The van der Waals surface area contributed by atoms with E-state index < -0.39 is 0 Å². The highest BCUT2D eigenvalue weighted by molar-refractivity contribution is 5.77. The lowest BCUT2D eigenvalue weighted by molar-refractivity contribution is -0.149. The summed E-state index contributed by atoms with van der Waals surface area (Å²) >= 11 is 0. The zero-order valence-electron chi connectivity index (χ0n) is 13.8. The molecule has 0 aliphatic carbocycles. The Balaban J connectivity index is 1.61. The minimum Gasteiger partial charge on any atom is -0.465 e. The first-order valence-electron chi connectivity index (χ1n) is 8.58. The molecule has 0 saturated carbocycles. The average molecular weight is 330 g/mol. The van der Waals surface area contributed by atoms with Crippen LogP contribution < -0.4 is 0 Å². The van der Waals surface area contributed by atoms with Crippen LogP contribution in [0.5, 0.6) is 0 Å². The molecule has 3 heterocycles. The molecule has 1 aromatic carbocycles. The Labute approximate surface area is 141 Å². The summed E-state index contributed by atoms with van der Waals surface area (Å²) in [6.07, 6.45) is 0.526. The van der Waals surface area contributed by atoms with Crippen molar-refractivity contribution in [3.63, 3.8) is 0 Å². The molecule has 6 nitrogen and oxygen atoms in total. The average Bonchev–Trinajstić information content (AvgIpc) is 3.21. The number of hydrogen-bond acceptors (Lipinski definition) is 5. The summed E-state index contributed by atoms with van der Waals surface area (Å²) in [5.41, 5.74) is 1.16. The minimum atomic E-state index is -0.238. The second-order valence-electron chi connectivity index (χ2n) is 6.71. The standard InChI is InChI=1S/C18H22N2O4/c1-2-23-17(21)14-8-13-10-20-15(11-24-18(20)22)16(13)19(14)9-12-6-4-3-5-7-12/h3-7,13-16H,2,8-11H2,1H3/t13-,14+,15+,16-/m1/s1. The van der Waals surface area contributed by atoms with Crippen LogP contribution in [0.25, 0.3) is 0 Å². The Morgan fingerprint density at radius 3 is 2.88 bits per heavy atom. The highest BCUT2D eigenvalue weighted by Crippen LogP contribution is 2.42. The number of esters is 1. The lowest BCUT2D eigenvalue weighted by atomic mass is 9.99. The van der Waals surface area contributed by atoms with Crippen LogP contribution in [0.4, 0.5) is 4.79 Å². The third-order valence-corrected chi connectivity index (χ3v) is 5.40. The Morgan fingerprint density at radius 1 is 1.33 bits per heavy atom. The molecule has 3 fully saturated rings. The van der Waals surface area contributed by atoms with Crippen molar-refractivity contribution in [2.45, 2.75) is 38.0 Å². The summed E-state index contributed by atoms with van der Waals surface area (Å²) in [6.45, 7) is 4.00. The molecule has 4 rings (SSSR count). The lowest BCUT2D eigenvalue weighted by Crippen LogP contribution is -2.48. The monoisotopic (exact) mass is 330 g/mol. The van der Waals surface area contributed by atoms with Crippen LogP contribution in [0.3, 0.4) is 0 Å². The van der Waals surface area contributed by atoms with Gasteiger partial charge in [-0.2, -0.15) is 0 Å². The van der Waals surface area contributed by atoms with Gasteiger partial charge in [0.15, 0.2) is 0 Å². The van der Waals surface area contributed by atoms with Crippen LogP contribution in [-0.4, -0.2) is 59.7 Å². The Bertz CT molecular complexity index is 635. The van der Waals surface area contributed by atoms with Gasteiger partial charge in [-0.05, 0) is 24.8 Å². The first kappa shape index (κ1) is 15.4. The number of nitrogens with zero attached hydrogens (tertiary/aromatic N) is 2. The zero-order chi connectivity index (χ0) is 16.7. The molecule has 0 spiro atoms. The minimum absolute atomic E-state index is 0.0469. The molecule has 128 valence electrons. The molecule has 1 amide bonds. The Hall–Kier alpha value is -2.08. The highest BCUT2D eigenvalue weighted by atomic mass is 16.6. The van der Waals surface area contributed by atoms with E-state index in [2.05, 4.69) is 17.0 Å². The number of cyclic esters (lactones) is 1. The second-order valence-corrected chi connectivity index (χ2v) is 6.71. The van der Waals surface area contributed by atoms with Crippen molar-refractivity contribution in [2.24, 2.45) is 5.92 Å².